The normalized spacial score (nSPS) is 15.5. The van der Waals surface area contributed by atoms with Crippen molar-refractivity contribution in [3.8, 4) is 0 Å². The molecule has 31 heavy (non-hydrogen) atoms. The van der Waals surface area contributed by atoms with Gasteiger partial charge in [-0.05, 0) is 49.2 Å². The van der Waals surface area contributed by atoms with Gasteiger partial charge in [-0.1, -0.05) is 30.2 Å². The van der Waals surface area contributed by atoms with Gasteiger partial charge in [0.05, 0.1) is 9.79 Å². The Morgan fingerprint density at radius 3 is 2.29 bits per heavy atom. The van der Waals surface area contributed by atoms with E-state index in [9.17, 15) is 21.6 Å². The Kier molecular flexibility index (Phi) is 7.71. The van der Waals surface area contributed by atoms with Crippen molar-refractivity contribution in [2.75, 3.05) is 26.2 Å². The summed E-state index contributed by atoms with van der Waals surface area (Å²) in [5.41, 5.74) is 0.191. The zero-order valence-corrected chi connectivity index (χ0v) is 19.1. The lowest BCUT2D eigenvalue weighted by atomic mass is 10.2. The first kappa shape index (κ1) is 23.7. The molecular weight excluding hydrogens is 462 g/mol. The van der Waals surface area contributed by atoms with Crippen LogP contribution in [0, 0.1) is 0 Å². The zero-order valence-electron chi connectivity index (χ0n) is 16.8. The highest BCUT2D eigenvalue weighted by atomic mass is 35.5. The molecule has 3 rings (SSSR count). The molecule has 0 aromatic heterocycles. The lowest BCUT2D eigenvalue weighted by Crippen LogP contribution is -2.36. The molecular formula is C20H24ClN3O5S2. The van der Waals surface area contributed by atoms with Crippen LogP contribution in [-0.2, 0) is 20.0 Å². The van der Waals surface area contributed by atoms with Crippen LogP contribution in [-0.4, -0.2) is 53.2 Å². The van der Waals surface area contributed by atoms with Gasteiger partial charge >= 0.3 is 0 Å². The van der Waals surface area contributed by atoms with E-state index < -0.39 is 26.0 Å². The fourth-order valence-corrected chi connectivity index (χ4v) is 6.13. The van der Waals surface area contributed by atoms with Gasteiger partial charge < -0.3 is 5.32 Å². The molecule has 2 aromatic rings. The average molecular weight is 486 g/mol. The Morgan fingerprint density at radius 1 is 0.903 bits per heavy atom. The van der Waals surface area contributed by atoms with Crippen LogP contribution < -0.4 is 10.0 Å². The van der Waals surface area contributed by atoms with Crippen LogP contribution in [0.25, 0.3) is 0 Å². The van der Waals surface area contributed by atoms with E-state index in [1.54, 1.807) is 6.07 Å². The van der Waals surface area contributed by atoms with E-state index in [1.165, 1.54) is 46.8 Å². The number of carbonyl (C=O) groups is 1. The van der Waals surface area contributed by atoms with Crippen LogP contribution in [0.2, 0.25) is 5.02 Å². The molecule has 0 spiro atoms. The lowest BCUT2D eigenvalue weighted by molar-refractivity contribution is 0.0954. The smallest absolute Gasteiger partial charge is 0.251 e. The number of hydrogen-bond acceptors (Lipinski definition) is 5. The summed E-state index contributed by atoms with van der Waals surface area (Å²) >= 11 is 5.82. The van der Waals surface area contributed by atoms with Gasteiger partial charge in [-0.25, -0.2) is 21.6 Å². The largest absolute Gasteiger partial charge is 0.351 e. The SMILES string of the molecule is O=C(NCCNS(=O)(=O)c1cccc(Cl)c1)c1cccc(S(=O)(=O)N2CCCCC2)c1. The van der Waals surface area contributed by atoms with E-state index in [0.717, 1.165) is 19.3 Å². The summed E-state index contributed by atoms with van der Waals surface area (Å²) in [6.07, 6.45) is 2.66. The molecule has 0 saturated carbocycles. The second-order valence-corrected chi connectivity index (χ2v) is 11.2. The number of halogens is 1. The van der Waals surface area contributed by atoms with Gasteiger partial charge in [0.15, 0.2) is 0 Å². The summed E-state index contributed by atoms with van der Waals surface area (Å²) in [6.45, 7) is 0.950. The third-order valence-corrected chi connectivity index (χ3v) is 8.45. The minimum Gasteiger partial charge on any atom is -0.351 e. The molecule has 8 nitrogen and oxygen atoms in total. The molecule has 0 atom stereocenters. The van der Waals surface area contributed by atoms with Gasteiger partial charge in [0, 0.05) is 36.8 Å². The van der Waals surface area contributed by atoms with E-state index >= 15 is 0 Å². The Bertz CT molecular complexity index is 1150. The van der Waals surface area contributed by atoms with Gasteiger partial charge in [-0.3, -0.25) is 4.79 Å². The maximum Gasteiger partial charge on any atom is 0.251 e. The molecule has 2 aromatic carbocycles. The predicted octanol–water partition coefficient (Wildman–Crippen LogP) is 2.22. The van der Waals surface area contributed by atoms with Crippen molar-refractivity contribution < 1.29 is 21.6 Å². The van der Waals surface area contributed by atoms with Crippen LogP contribution in [0.3, 0.4) is 0 Å². The van der Waals surface area contributed by atoms with Gasteiger partial charge in [0.1, 0.15) is 0 Å². The molecule has 168 valence electrons. The number of benzene rings is 2. The molecule has 1 saturated heterocycles. The molecule has 1 heterocycles. The third-order valence-electron chi connectivity index (χ3n) is 4.86. The third kappa shape index (κ3) is 6.05. The molecule has 11 heteroatoms. The quantitative estimate of drug-likeness (QED) is 0.557. The Hall–Kier alpha value is -1.98. The van der Waals surface area contributed by atoms with Gasteiger partial charge in [-0.2, -0.15) is 4.31 Å². The number of piperidine rings is 1. The molecule has 1 aliphatic rings. The fourth-order valence-electron chi connectivity index (χ4n) is 3.23. The Balaban J connectivity index is 1.58. The highest BCUT2D eigenvalue weighted by Gasteiger charge is 2.26. The maximum atomic E-state index is 12.8. The first-order chi connectivity index (χ1) is 14.7. The van der Waals surface area contributed by atoms with Crippen molar-refractivity contribution in [3.05, 3.63) is 59.1 Å². The zero-order chi connectivity index (χ0) is 22.5. The number of hydrogen-bond donors (Lipinski definition) is 2. The van der Waals surface area contributed by atoms with Gasteiger partial charge in [0.2, 0.25) is 20.0 Å². The molecule has 0 unspecified atom stereocenters. The summed E-state index contributed by atoms with van der Waals surface area (Å²) in [7, 11) is -7.40. The second-order valence-electron chi connectivity index (χ2n) is 7.10. The van der Waals surface area contributed by atoms with E-state index in [-0.39, 0.29) is 28.4 Å². The standard InChI is InChI=1S/C20H24ClN3O5S2/c21-17-7-5-8-18(15-17)30(26,27)23-11-10-22-20(25)16-6-4-9-19(14-16)31(28,29)24-12-2-1-3-13-24/h4-9,14-15,23H,1-3,10-13H2,(H,22,25). The minimum absolute atomic E-state index is 0.0295. The average Bonchev–Trinajstić information content (AvgIpc) is 2.77. The summed E-state index contributed by atoms with van der Waals surface area (Å²) in [5.74, 6) is -0.488. The summed E-state index contributed by atoms with van der Waals surface area (Å²) in [6, 6.07) is 11.7. The van der Waals surface area contributed by atoms with Crippen LogP contribution in [0.4, 0.5) is 0 Å². The number of carbonyl (C=O) groups excluding carboxylic acids is 1. The van der Waals surface area contributed by atoms with Gasteiger partial charge in [-0.15, -0.1) is 0 Å². The minimum atomic E-state index is -3.75. The number of sulfonamides is 2. The van der Waals surface area contributed by atoms with Crippen LogP contribution in [0.5, 0.6) is 0 Å². The van der Waals surface area contributed by atoms with E-state index in [0.29, 0.717) is 18.1 Å². The molecule has 1 amide bonds. The molecule has 0 bridgehead atoms. The highest BCUT2D eigenvalue weighted by Crippen LogP contribution is 2.21. The molecule has 1 aliphatic heterocycles. The molecule has 2 N–H and O–H groups in total. The van der Waals surface area contributed by atoms with Crippen molar-refractivity contribution in [2.24, 2.45) is 0 Å². The van der Waals surface area contributed by atoms with Crippen LogP contribution in [0.1, 0.15) is 29.6 Å². The number of rotatable bonds is 8. The second kappa shape index (κ2) is 10.1. The van der Waals surface area contributed by atoms with E-state index in [2.05, 4.69) is 10.0 Å². The maximum absolute atomic E-state index is 12.8. The molecule has 0 aliphatic carbocycles. The van der Waals surface area contributed by atoms with Crippen molar-refractivity contribution in [1.29, 1.82) is 0 Å². The van der Waals surface area contributed by atoms with Crippen LogP contribution in [0.15, 0.2) is 58.3 Å². The Labute approximate surface area is 187 Å². The number of amides is 1. The molecule has 1 fully saturated rings. The topological polar surface area (TPSA) is 113 Å². The summed E-state index contributed by atoms with van der Waals surface area (Å²) in [5, 5.41) is 2.89. The van der Waals surface area contributed by atoms with Crippen molar-refractivity contribution in [3.63, 3.8) is 0 Å². The first-order valence-corrected chi connectivity index (χ1v) is 13.1. The highest BCUT2D eigenvalue weighted by molar-refractivity contribution is 7.89. The van der Waals surface area contributed by atoms with Crippen molar-refractivity contribution in [2.45, 2.75) is 29.1 Å². The van der Waals surface area contributed by atoms with E-state index in [1.807, 2.05) is 0 Å². The monoisotopic (exact) mass is 485 g/mol. The van der Waals surface area contributed by atoms with Crippen molar-refractivity contribution in [1.82, 2.24) is 14.3 Å². The first-order valence-electron chi connectivity index (χ1n) is 9.84. The number of nitrogens with zero attached hydrogens (tertiary/aromatic N) is 1. The molecule has 0 radical (unpaired) electrons. The fraction of sp³-hybridized carbons (Fsp3) is 0.350. The van der Waals surface area contributed by atoms with E-state index in [4.69, 9.17) is 11.6 Å². The Morgan fingerprint density at radius 2 is 1.58 bits per heavy atom. The van der Waals surface area contributed by atoms with Crippen LogP contribution >= 0.6 is 11.6 Å². The number of nitrogens with one attached hydrogen (secondary N) is 2. The predicted molar refractivity (Wildman–Crippen MR) is 118 cm³/mol. The lowest BCUT2D eigenvalue weighted by Gasteiger charge is -2.26. The van der Waals surface area contributed by atoms with Gasteiger partial charge in [0.25, 0.3) is 5.91 Å². The summed E-state index contributed by atoms with van der Waals surface area (Å²) in [4.78, 5) is 12.5. The summed E-state index contributed by atoms with van der Waals surface area (Å²) < 4.78 is 53.9. The van der Waals surface area contributed by atoms with Crippen molar-refractivity contribution >= 4 is 37.6 Å².